The molecular weight excluding hydrogens is 479 g/mol. The zero-order valence-electron chi connectivity index (χ0n) is 18.7. The molecule has 182 valence electrons. The van der Waals surface area contributed by atoms with E-state index in [1.54, 1.807) is 56.0 Å². The summed E-state index contributed by atoms with van der Waals surface area (Å²) in [5.41, 5.74) is 2.48. The second-order valence-corrected chi connectivity index (χ2v) is 10.8. The van der Waals surface area contributed by atoms with Gasteiger partial charge in [0.25, 0.3) is 0 Å². The number of nitrogens with zero attached hydrogens (tertiary/aromatic N) is 1. The predicted molar refractivity (Wildman–Crippen MR) is 128 cm³/mol. The average Bonchev–Trinajstić information content (AvgIpc) is 3.47. The van der Waals surface area contributed by atoms with E-state index >= 15 is 0 Å². The normalized spacial score (nSPS) is 13.7. The summed E-state index contributed by atoms with van der Waals surface area (Å²) in [7, 11) is -4.82. The van der Waals surface area contributed by atoms with Crippen LogP contribution in [0.2, 0.25) is 0 Å². The number of furan rings is 1. The van der Waals surface area contributed by atoms with Gasteiger partial charge in [-0.3, -0.25) is 4.79 Å². The van der Waals surface area contributed by atoms with E-state index in [0.717, 1.165) is 15.8 Å². The van der Waals surface area contributed by atoms with E-state index in [4.69, 9.17) is 4.42 Å². The smallest absolute Gasteiger partial charge is 0.404 e. The molecule has 2 atom stereocenters. The lowest BCUT2D eigenvalue weighted by atomic mass is 10.00. The van der Waals surface area contributed by atoms with Crippen LogP contribution in [0.25, 0.3) is 11.1 Å². The molecule has 0 aliphatic heterocycles. The zero-order valence-corrected chi connectivity index (χ0v) is 20.4. The number of aliphatic carboxylic acids is 1. The predicted octanol–water partition coefficient (Wildman–Crippen LogP) is 3.74. The van der Waals surface area contributed by atoms with Crippen molar-refractivity contribution in [2.75, 3.05) is 0 Å². The molecule has 3 rings (SSSR count). The molecule has 0 aliphatic rings. The van der Waals surface area contributed by atoms with E-state index < -0.39 is 37.6 Å². The van der Waals surface area contributed by atoms with Gasteiger partial charge in [0.1, 0.15) is 12.1 Å². The lowest BCUT2D eigenvalue weighted by Crippen LogP contribution is -2.53. The van der Waals surface area contributed by atoms with E-state index in [1.807, 2.05) is 18.2 Å². The van der Waals surface area contributed by atoms with Gasteiger partial charge in [0.2, 0.25) is 5.91 Å². The Labute approximate surface area is 201 Å². The van der Waals surface area contributed by atoms with Gasteiger partial charge in [0, 0.05) is 23.4 Å². The molecule has 2 unspecified atom stereocenters. The molecule has 1 aromatic carbocycles. The number of carbonyl (C=O) groups excluding carboxylic acids is 1. The Balaban J connectivity index is 1.77. The number of benzene rings is 1. The fourth-order valence-electron chi connectivity index (χ4n) is 3.65. The van der Waals surface area contributed by atoms with Gasteiger partial charge in [-0.15, -0.1) is 11.3 Å². The van der Waals surface area contributed by atoms with Crippen molar-refractivity contribution < 1.29 is 33.5 Å². The van der Waals surface area contributed by atoms with E-state index in [-0.39, 0.29) is 13.0 Å². The third-order valence-corrected chi connectivity index (χ3v) is 7.24. The molecule has 34 heavy (non-hydrogen) atoms. The molecular formula is C23H27N2O7PS. The molecule has 2 aromatic heterocycles. The molecule has 1 amide bonds. The maximum absolute atomic E-state index is 13.1. The number of rotatable bonds is 11. The number of carboxylic acid groups (broad SMARTS) is 1. The van der Waals surface area contributed by atoms with Crippen molar-refractivity contribution in [1.82, 2.24) is 9.99 Å². The van der Waals surface area contributed by atoms with Gasteiger partial charge in [0.05, 0.1) is 12.5 Å². The van der Waals surface area contributed by atoms with Crippen LogP contribution in [-0.2, 0) is 27.1 Å². The Hall–Kier alpha value is -2.75. The highest BCUT2D eigenvalue weighted by Crippen LogP contribution is 2.45. The lowest BCUT2D eigenvalue weighted by molar-refractivity contribution is -0.142. The van der Waals surface area contributed by atoms with Crippen LogP contribution in [0.3, 0.4) is 0 Å². The van der Waals surface area contributed by atoms with Gasteiger partial charge >= 0.3 is 13.7 Å². The van der Waals surface area contributed by atoms with Gasteiger partial charge in [-0.1, -0.05) is 44.2 Å². The number of carboxylic acids is 1. The summed E-state index contributed by atoms with van der Waals surface area (Å²) in [6.07, 6.45) is 3.17. The molecule has 0 aliphatic carbocycles. The van der Waals surface area contributed by atoms with Crippen LogP contribution in [-0.4, -0.2) is 43.5 Å². The molecule has 0 bridgehead atoms. The SMILES string of the molecule is CC(C)C(C(=O)NC(Cc1ccc(-c2ccoc2)cc1)C(=O)O)N(Cc1cccs1)P(=O)(O)O. The number of hydrogen-bond donors (Lipinski definition) is 4. The topological polar surface area (TPSA) is 140 Å². The first kappa shape index (κ1) is 25.9. The highest BCUT2D eigenvalue weighted by atomic mass is 32.1. The van der Waals surface area contributed by atoms with Gasteiger partial charge in [-0.2, -0.15) is 4.67 Å². The second-order valence-electron chi connectivity index (χ2n) is 8.19. The average molecular weight is 507 g/mol. The highest BCUT2D eigenvalue weighted by molar-refractivity contribution is 7.49. The van der Waals surface area contributed by atoms with Crippen LogP contribution in [0.5, 0.6) is 0 Å². The van der Waals surface area contributed by atoms with Crippen molar-refractivity contribution in [3.8, 4) is 11.1 Å². The summed E-state index contributed by atoms with van der Waals surface area (Å²) in [4.78, 5) is 45.7. The van der Waals surface area contributed by atoms with E-state index in [1.165, 1.54) is 11.3 Å². The fourth-order valence-corrected chi connectivity index (χ4v) is 5.48. The van der Waals surface area contributed by atoms with E-state index in [0.29, 0.717) is 10.4 Å². The van der Waals surface area contributed by atoms with Crippen LogP contribution >= 0.6 is 19.1 Å². The lowest BCUT2D eigenvalue weighted by Gasteiger charge is -2.33. The minimum Gasteiger partial charge on any atom is -0.480 e. The monoisotopic (exact) mass is 506 g/mol. The fraction of sp³-hybridized carbons (Fsp3) is 0.304. The van der Waals surface area contributed by atoms with Crippen LogP contribution in [0.15, 0.2) is 64.8 Å². The van der Waals surface area contributed by atoms with Gasteiger partial charge in [-0.05, 0) is 34.6 Å². The molecule has 2 heterocycles. The van der Waals surface area contributed by atoms with E-state index in [2.05, 4.69) is 5.32 Å². The van der Waals surface area contributed by atoms with Crippen molar-refractivity contribution in [1.29, 1.82) is 0 Å². The quantitative estimate of drug-likeness (QED) is 0.288. The van der Waals surface area contributed by atoms with E-state index in [9.17, 15) is 29.0 Å². The van der Waals surface area contributed by atoms with Crippen LogP contribution < -0.4 is 5.32 Å². The van der Waals surface area contributed by atoms with Crippen molar-refractivity contribution in [3.05, 3.63) is 70.8 Å². The molecule has 0 radical (unpaired) electrons. The molecule has 0 fully saturated rings. The zero-order chi connectivity index (χ0) is 24.9. The Kier molecular flexibility index (Phi) is 8.46. The van der Waals surface area contributed by atoms with Gasteiger partial charge in [-0.25, -0.2) is 9.36 Å². The van der Waals surface area contributed by atoms with Gasteiger partial charge < -0.3 is 24.6 Å². The molecule has 0 saturated carbocycles. The van der Waals surface area contributed by atoms with Crippen LogP contribution in [0, 0.1) is 5.92 Å². The third kappa shape index (κ3) is 6.65. The summed E-state index contributed by atoms with van der Waals surface area (Å²) < 4.78 is 18.2. The number of thiophene rings is 1. The first-order valence-electron chi connectivity index (χ1n) is 10.6. The number of amides is 1. The Morgan fingerprint density at radius 2 is 1.82 bits per heavy atom. The standard InChI is InChI=1S/C23H27N2O7PS/c1-15(2)21(25(33(29,30)31)13-19-4-3-11-34-19)22(26)24-20(23(27)28)12-16-5-7-17(8-6-16)18-9-10-32-14-18/h3-11,14-15,20-21H,12-13H2,1-2H3,(H,24,26)(H,27,28)(H2,29,30,31). The van der Waals surface area contributed by atoms with Crippen LogP contribution in [0.1, 0.15) is 24.3 Å². The summed E-state index contributed by atoms with van der Waals surface area (Å²) in [5.74, 6) is -2.48. The maximum Gasteiger partial charge on any atom is 0.404 e. The maximum atomic E-state index is 13.1. The Morgan fingerprint density at radius 1 is 1.12 bits per heavy atom. The van der Waals surface area contributed by atoms with Crippen LogP contribution in [0.4, 0.5) is 0 Å². The van der Waals surface area contributed by atoms with Gasteiger partial charge in [0.15, 0.2) is 0 Å². The molecule has 11 heteroatoms. The summed E-state index contributed by atoms with van der Waals surface area (Å²) in [6.45, 7) is 3.18. The number of carbonyl (C=O) groups is 2. The Bertz CT molecular complexity index is 1120. The molecule has 4 N–H and O–H groups in total. The Morgan fingerprint density at radius 3 is 2.32 bits per heavy atom. The molecule has 0 saturated heterocycles. The first-order chi connectivity index (χ1) is 16.1. The summed E-state index contributed by atoms with van der Waals surface area (Å²) in [5, 5.41) is 14.0. The third-order valence-electron chi connectivity index (χ3n) is 5.32. The number of hydrogen-bond acceptors (Lipinski definition) is 5. The molecule has 0 spiro atoms. The summed E-state index contributed by atoms with van der Waals surface area (Å²) >= 11 is 1.31. The van der Waals surface area contributed by atoms with Crippen molar-refractivity contribution >= 4 is 31.0 Å². The highest BCUT2D eigenvalue weighted by Gasteiger charge is 2.40. The first-order valence-corrected chi connectivity index (χ1v) is 13.0. The minimum absolute atomic E-state index is 0.0123. The van der Waals surface area contributed by atoms with Crippen molar-refractivity contribution in [2.24, 2.45) is 5.92 Å². The minimum atomic E-state index is -4.82. The van der Waals surface area contributed by atoms with Crippen molar-refractivity contribution in [3.63, 3.8) is 0 Å². The van der Waals surface area contributed by atoms with Crippen molar-refractivity contribution in [2.45, 2.75) is 38.9 Å². The number of nitrogens with one attached hydrogen (secondary N) is 1. The molecule has 3 aromatic rings. The second kappa shape index (κ2) is 11.1. The summed E-state index contributed by atoms with van der Waals surface area (Å²) in [6, 6.07) is 9.97. The molecule has 9 nitrogen and oxygen atoms in total. The largest absolute Gasteiger partial charge is 0.480 e.